The maximum atomic E-state index is 5.10. The largest absolute Gasteiger partial charge is 0.379 e. The van der Waals surface area contributed by atoms with E-state index in [1.54, 1.807) is 0 Å². The van der Waals surface area contributed by atoms with Crippen molar-refractivity contribution in [2.75, 3.05) is 140 Å². The molecule has 1 atom stereocenters. The maximum absolute atomic E-state index is 5.10. The number of rotatable bonds is 1. The molecule has 1 saturated carbocycles. The van der Waals surface area contributed by atoms with Crippen molar-refractivity contribution in [3.63, 3.8) is 0 Å². The zero-order valence-corrected chi connectivity index (χ0v) is 31.1. The molecule has 0 aromatic rings. The van der Waals surface area contributed by atoms with Crippen LogP contribution < -0.4 is 10.6 Å². The number of piperazine rings is 2. The van der Waals surface area contributed by atoms with E-state index in [1.807, 2.05) is 0 Å². The zero-order chi connectivity index (χ0) is 32.4. The summed E-state index contributed by atoms with van der Waals surface area (Å²) < 4.78 is 5.10. The average molecular weight is 626 g/mol. The summed E-state index contributed by atoms with van der Waals surface area (Å²) >= 11 is 0. The molecule has 44 heavy (non-hydrogen) atoms. The van der Waals surface area contributed by atoms with Gasteiger partial charge in [-0.15, -0.1) is 0 Å². The van der Waals surface area contributed by atoms with E-state index >= 15 is 0 Å². The smallest absolute Gasteiger partial charge is 0.0594 e. The highest BCUT2D eigenvalue weighted by Gasteiger charge is 2.11. The van der Waals surface area contributed by atoms with Crippen molar-refractivity contribution in [3.05, 3.63) is 0 Å². The molecule has 2 N–H and O–H groups in total. The minimum atomic E-state index is 0.913. The van der Waals surface area contributed by atoms with Gasteiger partial charge in [-0.25, -0.2) is 0 Å². The Morgan fingerprint density at radius 3 is 1.25 bits per heavy atom. The van der Waals surface area contributed by atoms with Crippen molar-refractivity contribution in [2.24, 2.45) is 17.8 Å². The Labute approximate surface area is 276 Å². The van der Waals surface area contributed by atoms with Crippen LogP contribution in [0, 0.1) is 17.8 Å². The number of ether oxygens (including phenoxy) is 1. The average Bonchev–Trinajstić information content (AvgIpc) is 3.57. The summed E-state index contributed by atoms with van der Waals surface area (Å²) in [5.74, 6) is 3.00. The molecule has 0 bridgehead atoms. The number of hydrogen-bond donors (Lipinski definition) is 2. The third-order valence-corrected chi connectivity index (χ3v) is 9.94. The van der Waals surface area contributed by atoms with Crippen LogP contribution in [-0.2, 0) is 4.74 Å². The second-order valence-corrected chi connectivity index (χ2v) is 14.6. The molecule has 0 aromatic carbocycles. The molecular weight excluding hydrogens is 546 g/mol. The van der Waals surface area contributed by atoms with Gasteiger partial charge in [0.1, 0.15) is 0 Å². The number of piperidine rings is 1. The fourth-order valence-electron chi connectivity index (χ4n) is 5.85. The first-order valence-electron chi connectivity index (χ1n) is 18.6. The van der Waals surface area contributed by atoms with Crippen LogP contribution in [-0.4, -0.2) is 165 Å². The minimum absolute atomic E-state index is 0.913. The fourth-order valence-corrected chi connectivity index (χ4v) is 5.85. The lowest BCUT2D eigenvalue weighted by molar-refractivity contribution is 0.0503. The Kier molecular flexibility index (Phi) is 26.3. The summed E-state index contributed by atoms with van der Waals surface area (Å²) in [6, 6.07) is 0. The predicted octanol–water partition coefficient (Wildman–Crippen LogP) is 4.27. The number of hydrogen-bond acceptors (Lipinski definition) is 8. The van der Waals surface area contributed by atoms with Gasteiger partial charge in [0.05, 0.1) is 13.2 Å². The highest BCUT2D eigenvalue weighted by Crippen LogP contribution is 2.22. The molecule has 8 nitrogen and oxygen atoms in total. The Hall–Kier alpha value is -0.320. The van der Waals surface area contributed by atoms with Crippen LogP contribution in [0.5, 0.6) is 0 Å². The standard InChI is InChI=1S/C7H15N.C7H14.C6H14N2.C6H13N.C5H12N2.C5H11NO/c1-7-3-5-8(2)6-4-7;1-7-5-3-2-4-6-7;1-7-3-5-8(2)6-4-7;1-2-6-3-4-7-5-6;1-7-4-2-6-3-5-7;1-6-2-4-7-5-3-6/h7H,3-6H2,1-2H3;7H,2-6H2,1H3;3-6H2,1-2H3;6-7H,2-5H2,1H3;6H,2-5H2,1H3;2-5H2,1H3. The molecule has 8 heteroatoms. The number of nitrogens with one attached hydrogen (secondary N) is 2. The second kappa shape index (κ2) is 27.8. The van der Waals surface area contributed by atoms with E-state index in [1.165, 1.54) is 123 Å². The van der Waals surface area contributed by atoms with Gasteiger partial charge >= 0.3 is 0 Å². The summed E-state index contributed by atoms with van der Waals surface area (Å²) in [5, 5.41) is 6.60. The normalized spacial score (nSPS) is 26.6. The van der Waals surface area contributed by atoms with Crippen LogP contribution in [0.2, 0.25) is 0 Å². The van der Waals surface area contributed by atoms with Gasteiger partial charge in [0.25, 0.3) is 0 Å². The molecule has 0 amide bonds. The summed E-state index contributed by atoms with van der Waals surface area (Å²) in [7, 11) is 10.8. The number of nitrogens with zero attached hydrogens (tertiary/aromatic N) is 5. The van der Waals surface area contributed by atoms with Crippen LogP contribution in [0.3, 0.4) is 0 Å². The summed E-state index contributed by atoms with van der Waals surface area (Å²) in [6.45, 7) is 25.8. The molecule has 5 heterocycles. The molecule has 6 rings (SSSR count). The van der Waals surface area contributed by atoms with Gasteiger partial charge in [-0.1, -0.05) is 59.3 Å². The number of likely N-dealkylation sites (N-methyl/N-ethyl adjacent to an activating group) is 4. The Morgan fingerprint density at radius 1 is 0.500 bits per heavy atom. The van der Waals surface area contributed by atoms with Crippen LogP contribution in [0.15, 0.2) is 0 Å². The molecule has 6 aliphatic rings. The van der Waals surface area contributed by atoms with Crippen molar-refractivity contribution in [2.45, 2.75) is 78.6 Å². The maximum Gasteiger partial charge on any atom is 0.0594 e. The van der Waals surface area contributed by atoms with Crippen molar-refractivity contribution in [1.29, 1.82) is 0 Å². The van der Waals surface area contributed by atoms with Crippen molar-refractivity contribution in [1.82, 2.24) is 35.1 Å². The Morgan fingerprint density at radius 2 is 0.955 bits per heavy atom. The molecule has 5 saturated heterocycles. The van der Waals surface area contributed by atoms with Crippen molar-refractivity contribution in [3.8, 4) is 0 Å². The monoisotopic (exact) mass is 626 g/mol. The molecule has 1 unspecified atom stereocenters. The van der Waals surface area contributed by atoms with Crippen LogP contribution >= 0.6 is 0 Å². The highest BCUT2D eigenvalue weighted by molar-refractivity contribution is 4.69. The van der Waals surface area contributed by atoms with Gasteiger partial charge in [-0.3, -0.25) is 0 Å². The first kappa shape index (κ1) is 41.7. The lowest BCUT2D eigenvalue weighted by Gasteiger charge is -2.28. The molecule has 1 aliphatic carbocycles. The molecule has 5 aliphatic heterocycles. The highest BCUT2D eigenvalue weighted by atomic mass is 16.5. The third-order valence-electron chi connectivity index (χ3n) is 9.94. The number of likely N-dealkylation sites (tertiary alicyclic amines) is 1. The second-order valence-electron chi connectivity index (χ2n) is 14.6. The van der Waals surface area contributed by atoms with Gasteiger partial charge in [0.15, 0.2) is 0 Å². The van der Waals surface area contributed by atoms with Crippen LogP contribution in [0.1, 0.15) is 78.6 Å². The van der Waals surface area contributed by atoms with E-state index in [0.29, 0.717) is 0 Å². The topological polar surface area (TPSA) is 49.5 Å². The third kappa shape index (κ3) is 24.9. The summed E-state index contributed by atoms with van der Waals surface area (Å²) in [4.78, 5) is 11.7. The Balaban J connectivity index is 0.000000264. The SMILES string of the molecule is CC1CCCCC1.CC1CCN(C)CC1.CCC1CCNC1.CN1CCN(C)CC1.CN1CCNCC1.CN1CCOCC1. The van der Waals surface area contributed by atoms with E-state index in [4.69, 9.17) is 4.74 Å². The molecule has 0 spiro atoms. The predicted molar refractivity (Wildman–Crippen MR) is 193 cm³/mol. The summed E-state index contributed by atoms with van der Waals surface area (Å²) in [5.41, 5.74) is 0. The van der Waals surface area contributed by atoms with Crippen LogP contribution in [0.4, 0.5) is 0 Å². The van der Waals surface area contributed by atoms with Gasteiger partial charge in [-0.05, 0) is 98.4 Å². The van der Waals surface area contributed by atoms with Crippen molar-refractivity contribution < 1.29 is 4.74 Å². The lowest BCUT2D eigenvalue weighted by Crippen LogP contribution is -2.42. The molecule has 0 aromatic heterocycles. The van der Waals surface area contributed by atoms with Gasteiger partial charge in [-0.2, -0.15) is 0 Å². The van der Waals surface area contributed by atoms with E-state index in [2.05, 4.69) is 91.1 Å². The van der Waals surface area contributed by atoms with Gasteiger partial charge in [0, 0.05) is 65.4 Å². The van der Waals surface area contributed by atoms with Crippen molar-refractivity contribution >= 4 is 0 Å². The van der Waals surface area contributed by atoms with Gasteiger partial charge < -0.3 is 39.9 Å². The van der Waals surface area contributed by atoms with E-state index < -0.39 is 0 Å². The minimum Gasteiger partial charge on any atom is -0.379 e. The first-order chi connectivity index (χ1) is 21.2. The van der Waals surface area contributed by atoms with E-state index in [-0.39, 0.29) is 0 Å². The fraction of sp³-hybridized carbons (Fsp3) is 1.00. The summed E-state index contributed by atoms with van der Waals surface area (Å²) in [6.07, 6.45) is 13.0. The Bertz CT molecular complexity index is 509. The first-order valence-corrected chi connectivity index (χ1v) is 18.6. The molecule has 0 radical (unpaired) electrons. The van der Waals surface area contributed by atoms with E-state index in [9.17, 15) is 0 Å². The zero-order valence-electron chi connectivity index (χ0n) is 31.1. The molecule has 6 fully saturated rings. The van der Waals surface area contributed by atoms with E-state index in [0.717, 1.165) is 57.1 Å². The van der Waals surface area contributed by atoms with Crippen LogP contribution in [0.25, 0.3) is 0 Å². The quantitative estimate of drug-likeness (QED) is 0.448. The van der Waals surface area contributed by atoms with Gasteiger partial charge in [0.2, 0.25) is 0 Å². The lowest BCUT2D eigenvalue weighted by atomic mass is 9.91. The molecular formula is C36H79N7O. The number of morpholine rings is 1. The molecule has 264 valence electrons.